The average molecular weight is 311 g/mol. The maximum absolute atomic E-state index is 13.5. The topological polar surface area (TPSA) is 71.1 Å². The van der Waals surface area contributed by atoms with E-state index in [0.29, 0.717) is 26.1 Å². The van der Waals surface area contributed by atoms with Crippen LogP contribution in [0.15, 0.2) is 30.5 Å². The van der Waals surface area contributed by atoms with E-state index >= 15 is 0 Å². The van der Waals surface area contributed by atoms with Gasteiger partial charge in [0.2, 0.25) is 10.0 Å². The van der Waals surface area contributed by atoms with E-state index in [1.54, 1.807) is 12.3 Å². The van der Waals surface area contributed by atoms with Crippen molar-refractivity contribution < 1.29 is 12.8 Å². The van der Waals surface area contributed by atoms with Crippen LogP contribution in [0.4, 0.5) is 4.39 Å². The fraction of sp³-hybridized carbons (Fsp3) is 0.357. The second-order valence-corrected chi connectivity index (χ2v) is 6.67. The lowest BCUT2D eigenvalue weighted by atomic mass is 10.1. The number of nitrogens with zero attached hydrogens (tertiary/aromatic N) is 1. The summed E-state index contributed by atoms with van der Waals surface area (Å²) in [5.74, 6) is -0.286. The first-order valence-corrected chi connectivity index (χ1v) is 8.53. The van der Waals surface area contributed by atoms with Gasteiger partial charge in [0.05, 0.1) is 11.8 Å². The largest absolute Gasteiger partial charge is 0.313 e. The van der Waals surface area contributed by atoms with Crippen molar-refractivity contribution in [3.8, 4) is 0 Å². The molecule has 1 heterocycles. The lowest BCUT2D eigenvalue weighted by Crippen LogP contribution is -2.26. The van der Waals surface area contributed by atoms with Gasteiger partial charge >= 0.3 is 0 Å². The van der Waals surface area contributed by atoms with Crippen molar-refractivity contribution in [3.05, 3.63) is 41.8 Å². The van der Waals surface area contributed by atoms with Gasteiger partial charge in [0.1, 0.15) is 5.82 Å². The summed E-state index contributed by atoms with van der Waals surface area (Å²) < 4.78 is 37.7. The Balaban J connectivity index is 1.89. The molecule has 0 atom stereocenters. The van der Waals surface area contributed by atoms with Crippen LogP contribution in [0.25, 0.3) is 10.9 Å². The molecule has 1 aromatic carbocycles. The van der Waals surface area contributed by atoms with Gasteiger partial charge < -0.3 is 5.32 Å². The highest BCUT2D eigenvalue weighted by Crippen LogP contribution is 2.18. The molecule has 2 rings (SSSR count). The van der Waals surface area contributed by atoms with Crippen LogP contribution in [0.1, 0.15) is 12.0 Å². The molecule has 1 aromatic heterocycles. The molecule has 0 radical (unpaired) electrons. The maximum atomic E-state index is 13.5. The van der Waals surface area contributed by atoms with Crippen molar-refractivity contribution in [2.45, 2.75) is 13.0 Å². The molecule has 21 heavy (non-hydrogen) atoms. The first-order valence-electron chi connectivity index (χ1n) is 6.64. The van der Waals surface area contributed by atoms with Crippen LogP contribution in [0.5, 0.6) is 0 Å². The molecule has 7 heteroatoms. The second kappa shape index (κ2) is 6.93. The van der Waals surface area contributed by atoms with Crippen molar-refractivity contribution in [1.82, 2.24) is 15.0 Å². The second-order valence-electron chi connectivity index (χ2n) is 4.84. The van der Waals surface area contributed by atoms with Gasteiger partial charge in [-0.1, -0.05) is 6.07 Å². The SMILES string of the molecule is CS(=O)(=O)NCCCNCc1cc(F)cc2cccnc12. The third-order valence-corrected chi connectivity index (χ3v) is 3.69. The number of hydrogen-bond acceptors (Lipinski definition) is 4. The number of benzene rings is 1. The van der Waals surface area contributed by atoms with Crippen molar-refractivity contribution in [2.75, 3.05) is 19.3 Å². The molecular formula is C14H18FN3O2S. The van der Waals surface area contributed by atoms with Crippen LogP contribution < -0.4 is 10.0 Å². The Morgan fingerprint density at radius 1 is 1.29 bits per heavy atom. The molecule has 0 saturated carbocycles. The molecule has 0 aliphatic carbocycles. The normalized spacial score (nSPS) is 11.9. The van der Waals surface area contributed by atoms with E-state index < -0.39 is 10.0 Å². The Morgan fingerprint density at radius 2 is 2.10 bits per heavy atom. The molecule has 0 saturated heterocycles. The first kappa shape index (κ1) is 15.8. The van der Waals surface area contributed by atoms with Crippen molar-refractivity contribution >= 4 is 20.9 Å². The Morgan fingerprint density at radius 3 is 2.86 bits per heavy atom. The van der Waals surface area contributed by atoms with Crippen LogP contribution in [0.3, 0.4) is 0 Å². The van der Waals surface area contributed by atoms with Gasteiger partial charge in [-0.05, 0) is 36.7 Å². The van der Waals surface area contributed by atoms with Crippen molar-refractivity contribution in [3.63, 3.8) is 0 Å². The highest BCUT2D eigenvalue weighted by atomic mass is 32.2. The van der Waals surface area contributed by atoms with Crippen LogP contribution in [-0.2, 0) is 16.6 Å². The molecule has 114 valence electrons. The summed E-state index contributed by atoms with van der Waals surface area (Å²) >= 11 is 0. The zero-order valence-corrected chi connectivity index (χ0v) is 12.6. The molecule has 0 unspecified atom stereocenters. The van der Waals surface area contributed by atoms with Crippen LogP contribution in [0.2, 0.25) is 0 Å². The third kappa shape index (κ3) is 5.04. The minimum absolute atomic E-state index is 0.286. The van der Waals surface area contributed by atoms with Gasteiger partial charge in [-0.3, -0.25) is 4.98 Å². The Kier molecular flexibility index (Phi) is 5.22. The van der Waals surface area contributed by atoms with E-state index in [1.165, 1.54) is 12.1 Å². The summed E-state index contributed by atoms with van der Waals surface area (Å²) in [7, 11) is -3.14. The molecular weight excluding hydrogens is 293 g/mol. The third-order valence-electron chi connectivity index (χ3n) is 2.96. The van der Waals surface area contributed by atoms with Crippen LogP contribution in [-0.4, -0.2) is 32.7 Å². The van der Waals surface area contributed by atoms with E-state index in [4.69, 9.17) is 0 Å². The number of pyridine rings is 1. The molecule has 0 amide bonds. The number of sulfonamides is 1. The zero-order valence-electron chi connectivity index (χ0n) is 11.8. The predicted octanol–water partition coefficient (Wildman–Crippen LogP) is 1.40. The summed E-state index contributed by atoms with van der Waals surface area (Å²) in [5.41, 5.74) is 1.57. The fourth-order valence-corrected chi connectivity index (χ4v) is 2.57. The summed E-state index contributed by atoms with van der Waals surface area (Å²) in [6.45, 7) is 1.51. The smallest absolute Gasteiger partial charge is 0.208 e. The maximum Gasteiger partial charge on any atom is 0.208 e. The van der Waals surface area contributed by atoms with E-state index in [1.807, 2.05) is 6.07 Å². The van der Waals surface area contributed by atoms with Gasteiger partial charge in [-0.25, -0.2) is 17.5 Å². The molecule has 2 N–H and O–H groups in total. The highest BCUT2D eigenvalue weighted by molar-refractivity contribution is 7.88. The molecule has 0 aliphatic heterocycles. The van der Waals surface area contributed by atoms with E-state index in [9.17, 15) is 12.8 Å². The quantitative estimate of drug-likeness (QED) is 0.758. The van der Waals surface area contributed by atoms with Crippen LogP contribution >= 0.6 is 0 Å². The van der Waals surface area contributed by atoms with Crippen molar-refractivity contribution in [1.29, 1.82) is 0 Å². The average Bonchev–Trinajstić information content (AvgIpc) is 2.41. The minimum Gasteiger partial charge on any atom is -0.313 e. The van der Waals surface area contributed by atoms with Gasteiger partial charge in [-0.2, -0.15) is 0 Å². The first-order chi connectivity index (χ1) is 9.96. The number of hydrogen-bond donors (Lipinski definition) is 2. The monoisotopic (exact) mass is 311 g/mol. The number of fused-ring (bicyclic) bond motifs is 1. The summed E-state index contributed by atoms with van der Waals surface area (Å²) in [6.07, 6.45) is 3.47. The standard InChI is InChI=1S/C14H18FN3O2S/c1-21(19,20)18-7-3-5-16-10-12-9-13(15)8-11-4-2-6-17-14(11)12/h2,4,6,8-9,16,18H,3,5,7,10H2,1H3. The minimum atomic E-state index is -3.14. The lowest BCUT2D eigenvalue weighted by molar-refractivity contribution is 0.578. The number of rotatable bonds is 7. The van der Waals surface area contributed by atoms with E-state index in [-0.39, 0.29) is 5.82 Å². The van der Waals surface area contributed by atoms with E-state index in [0.717, 1.165) is 22.7 Å². The predicted molar refractivity (Wildman–Crippen MR) is 80.9 cm³/mol. The number of aromatic nitrogens is 1. The number of halogens is 1. The Hall–Kier alpha value is -1.57. The zero-order chi connectivity index (χ0) is 15.3. The molecule has 0 aliphatic rings. The number of nitrogens with one attached hydrogen (secondary N) is 2. The Bertz CT molecular complexity index is 719. The van der Waals surface area contributed by atoms with Gasteiger partial charge in [-0.15, -0.1) is 0 Å². The molecule has 5 nitrogen and oxygen atoms in total. The molecule has 0 spiro atoms. The molecule has 0 fully saturated rings. The van der Waals surface area contributed by atoms with Gasteiger partial charge in [0.15, 0.2) is 0 Å². The molecule has 2 aromatic rings. The summed E-state index contributed by atoms with van der Waals surface area (Å²) in [5, 5.41) is 3.94. The lowest BCUT2D eigenvalue weighted by Gasteiger charge is -2.08. The van der Waals surface area contributed by atoms with Crippen LogP contribution in [0, 0.1) is 5.82 Å². The Labute approximate surface area is 123 Å². The molecule has 0 bridgehead atoms. The highest BCUT2D eigenvalue weighted by Gasteiger charge is 2.05. The fourth-order valence-electron chi connectivity index (χ4n) is 2.06. The van der Waals surface area contributed by atoms with Gasteiger partial charge in [0.25, 0.3) is 0 Å². The van der Waals surface area contributed by atoms with Gasteiger partial charge in [0, 0.05) is 24.7 Å². The summed E-state index contributed by atoms with van der Waals surface area (Å²) in [6, 6.07) is 6.53. The summed E-state index contributed by atoms with van der Waals surface area (Å²) in [4.78, 5) is 4.27. The van der Waals surface area contributed by atoms with Crippen molar-refractivity contribution in [2.24, 2.45) is 0 Å². The van der Waals surface area contributed by atoms with E-state index in [2.05, 4.69) is 15.0 Å².